The summed E-state index contributed by atoms with van der Waals surface area (Å²) in [7, 11) is 0. The number of hydrogen-bond donors (Lipinski definition) is 1. The second-order valence-electron chi connectivity index (χ2n) is 3.00. The number of hydrogen-bond acceptors (Lipinski definition) is 4. The molecule has 0 aliphatic carbocycles. The van der Waals surface area contributed by atoms with Crippen molar-refractivity contribution in [2.24, 2.45) is 0 Å². The molecule has 1 aliphatic rings. The summed E-state index contributed by atoms with van der Waals surface area (Å²) in [5.41, 5.74) is -0.930. The van der Waals surface area contributed by atoms with Crippen molar-refractivity contribution in [2.45, 2.75) is 18.9 Å². The van der Waals surface area contributed by atoms with Gasteiger partial charge < -0.3 is 14.8 Å². The molecule has 1 rings (SSSR count). The first kappa shape index (κ1) is 10.5. The van der Waals surface area contributed by atoms with Crippen molar-refractivity contribution >= 4 is 12.3 Å². The Hall–Kier alpha value is -1.58. The number of ether oxygens (including phenoxy) is 1. The van der Waals surface area contributed by atoms with E-state index in [0.717, 1.165) is 0 Å². The van der Waals surface area contributed by atoms with Crippen LogP contribution in [0.25, 0.3) is 0 Å². The maximum Gasteiger partial charge on any atom is 0.308 e. The van der Waals surface area contributed by atoms with Crippen LogP contribution in [0.15, 0.2) is 24.4 Å². The van der Waals surface area contributed by atoms with E-state index in [-0.39, 0.29) is 12.4 Å². The molecule has 76 valence electrons. The zero-order valence-corrected chi connectivity index (χ0v) is 8.03. The van der Waals surface area contributed by atoms with E-state index in [1.807, 2.05) is 0 Å². The largest absolute Gasteiger partial charge is 0.466 e. The lowest BCUT2D eigenvalue weighted by Gasteiger charge is -2.25. The van der Waals surface area contributed by atoms with Crippen molar-refractivity contribution in [2.75, 3.05) is 6.61 Å². The number of aldehydes is 1. The topological polar surface area (TPSA) is 55.4 Å². The number of nitrogens with one attached hydrogen (secondary N) is 1. The van der Waals surface area contributed by atoms with Crippen LogP contribution >= 0.6 is 0 Å². The van der Waals surface area contributed by atoms with E-state index in [1.54, 1.807) is 31.4 Å². The van der Waals surface area contributed by atoms with Gasteiger partial charge in [-0.15, -0.1) is 0 Å². The van der Waals surface area contributed by atoms with Gasteiger partial charge in [-0.05, 0) is 19.2 Å². The van der Waals surface area contributed by atoms with Crippen LogP contribution in [0.4, 0.5) is 0 Å². The Kier molecular flexibility index (Phi) is 3.45. The smallest absolute Gasteiger partial charge is 0.308 e. The highest BCUT2D eigenvalue weighted by atomic mass is 16.5. The first-order valence-electron chi connectivity index (χ1n) is 4.46. The summed E-state index contributed by atoms with van der Waals surface area (Å²) in [5.74, 6) is -0.382. The average Bonchev–Trinajstić information content (AvgIpc) is 2.19. The van der Waals surface area contributed by atoms with Crippen LogP contribution in [-0.4, -0.2) is 24.4 Å². The molecule has 1 atom stereocenters. The van der Waals surface area contributed by atoms with E-state index >= 15 is 0 Å². The molecule has 0 fully saturated rings. The molecular formula is C10H13NO3. The highest BCUT2D eigenvalue weighted by Gasteiger charge is 2.30. The molecule has 1 unspecified atom stereocenters. The lowest BCUT2D eigenvalue weighted by molar-refractivity contribution is -0.145. The summed E-state index contributed by atoms with van der Waals surface area (Å²) in [6, 6.07) is 0. The summed E-state index contributed by atoms with van der Waals surface area (Å²) in [6.45, 7) is 2.06. The highest BCUT2D eigenvalue weighted by molar-refractivity contribution is 5.81. The van der Waals surface area contributed by atoms with E-state index in [9.17, 15) is 9.59 Å². The van der Waals surface area contributed by atoms with Gasteiger partial charge in [0.25, 0.3) is 0 Å². The van der Waals surface area contributed by atoms with Gasteiger partial charge in [-0.3, -0.25) is 4.79 Å². The molecule has 14 heavy (non-hydrogen) atoms. The molecule has 1 N–H and O–H groups in total. The van der Waals surface area contributed by atoms with Crippen molar-refractivity contribution < 1.29 is 14.3 Å². The molecule has 0 aromatic carbocycles. The number of carbonyl (C=O) groups is 2. The maximum absolute atomic E-state index is 11.2. The van der Waals surface area contributed by atoms with Gasteiger partial charge in [0, 0.05) is 0 Å². The molecule has 0 bridgehead atoms. The van der Waals surface area contributed by atoms with Crippen LogP contribution in [-0.2, 0) is 14.3 Å². The van der Waals surface area contributed by atoms with Crippen molar-refractivity contribution in [3.05, 3.63) is 24.4 Å². The zero-order chi connectivity index (χ0) is 10.4. The van der Waals surface area contributed by atoms with Gasteiger partial charge in [-0.25, -0.2) is 0 Å². The molecule has 0 aromatic heterocycles. The Morgan fingerprint density at radius 3 is 2.86 bits per heavy atom. The fourth-order valence-electron chi connectivity index (χ4n) is 1.21. The molecule has 0 amide bonds. The molecule has 1 heterocycles. The third kappa shape index (κ3) is 2.45. The van der Waals surface area contributed by atoms with Crippen molar-refractivity contribution in [1.82, 2.24) is 5.32 Å². The molecule has 0 aromatic rings. The summed E-state index contributed by atoms with van der Waals surface area (Å²) < 4.78 is 4.78. The van der Waals surface area contributed by atoms with E-state index in [0.29, 0.717) is 12.9 Å². The second kappa shape index (κ2) is 4.60. The predicted octanol–water partition coefficient (Wildman–Crippen LogP) is 0.550. The molecular weight excluding hydrogens is 182 g/mol. The first-order chi connectivity index (χ1) is 6.72. The lowest BCUT2D eigenvalue weighted by atomic mass is 9.95. The molecule has 0 radical (unpaired) electrons. The summed E-state index contributed by atoms with van der Waals surface area (Å²) in [6.07, 6.45) is 7.50. The van der Waals surface area contributed by atoms with Crippen LogP contribution in [0.1, 0.15) is 13.3 Å². The Balaban J connectivity index is 2.62. The standard InChI is InChI=1S/C10H13NO3/c1-2-14-9(13)7-10(8-12)5-3-4-6-11-10/h3-6,8,11H,2,7H2,1H3. The van der Waals surface area contributed by atoms with Gasteiger partial charge in [0.2, 0.25) is 0 Å². The molecule has 4 nitrogen and oxygen atoms in total. The number of carbonyl (C=O) groups excluding carboxylic acids is 2. The number of rotatable bonds is 4. The number of esters is 1. The lowest BCUT2D eigenvalue weighted by Crippen LogP contribution is -2.45. The van der Waals surface area contributed by atoms with Crippen LogP contribution in [0.5, 0.6) is 0 Å². The third-order valence-electron chi connectivity index (χ3n) is 1.91. The number of allylic oxidation sites excluding steroid dienone is 2. The maximum atomic E-state index is 11.2. The molecule has 0 saturated heterocycles. The summed E-state index contributed by atoms with van der Waals surface area (Å²) in [5, 5.41) is 2.84. The Morgan fingerprint density at radius 1 is 1.57 bits per heavy atom. The van der Waals surface area contributed by atoms with Crippen LogP contribution < -0.4 is 5.32 Å². The van der Waals surface area contributed by atoms with Crippen LogP contribution in [0, 0.1) is 0 Å². The van der Waals surface area contributed by atoms with E-state index in [1.165, 1.54) is 0 Å². The van der Waals surface area contributed by atoms with Crippen LogP contribution in [0.2, 0.25) is 0 Å². The van der Waals surface area contributed by atoms with Crippen molar-refractivity contribution in [1.29, 1.82) is 0 Å². The number of dihydropyridines is 1. The molecule has 1 aliphatic heterocycles. The SMILES string of the molecule is CCOC(=O)CC1(C=O)C=CC=CN1. The van der Waals surface area contributed by atoms with Gasteiger partial charge in [-0.1, -0.05) is 12.2 Å². The molecule has 0 spiro atoms. The minimum Gasteiger partial charge on any atom is -0.466 e. The van der Waals surface area contributed by atoms with E-state index < -0.39 is 5.54 Å². The monoisotopic (exact) mass is 195 g/mol. The minimum absolute atomic E-state index is 0.0190. The molecule has 0 saturated carbocycles. The Bertz CT molecular complexity index is 283. The van der Waals surface area contributed by atoms with Gasteiger partial charge >= 0.3 is 5.97 Å². The Labute approximate surface area is 82.6 Å². The van der Waals surface area contributed by atoms with E-state index in [4.69, 9.17) is 4.74 Å². The van der Waals surface area contributed by atoms with Crippen molar-refractivity contribution in [3.63, 3.8) is 0 Å². The van der Waals surface area contributed by atoms with Gasteiger partial charge in [0.1, 0.15) is 11.8 Å². The fourth-order valence-corrected chi connectivity index (χ4v) is 1.21. The highest BCUT2D eigenvalue weighted by Crippen LogP contribution is 2.13. The van der Waals surface area contributed by atoms with E-state index in [2.05, 4.69) is 5.32 Å². The summed E-state index contributed by atoms with van der Waals surface area (Å²) >= 11 is 0. The Morgan fingerprint density at radius 2 is 2.36 bits per heavy atom. The quantitative estimate of drug-likeness (QED) is 0.525. The van der Waals surface area contributed by atoms with Gasteiger partial charge in [0.15, 0.2) is 0 Å². The summed E-state index contributed by atoms with van der Waals surface area (Å²) in [4.78, 5) is 22.1. The minimum atomic E-state index is -0.930. The normalized spacial score (nSPS) is 24.1. The third-order valence-corrected chi connectivity index (χ3v) is 1.91. The van der Waals surface area contributed by atoms with Crippen LogP contribution in [0.3, 0.4) is 0 Å². The average molecular weight is 195 g/mol. The van der Waals surface area contributed by atoms with Gasteiger partial charge in [0.05, 0.1) is 13.0 Å². The predicted molar refractivity (Wildman–Crippen MR) is 51.5 cm³/mol. The first-order valence-corrected chi connectivity index (χ1v) is 4.46. The second-order valence-corrected chi connectivity index (χ2v) is 3.00. The fraction of sp³-hybridized carbons (Fsp3) is 0.400. The van der Waals surface area contributed by atoms with Gasteiger partial charge in [-0.2, -0.15) is 0 Å². The van der Waals surface area contributed by atoms with Crippen molar-refractivity contribution in [3.8, 4) is 0 Å². The zero-order valence-electron chi connectivity index (χ0n) is 8.03. The molecule has 4 heteroatoms.